The van der Waals surface area contributed by atoms with Gasteiger partial charge in [-0.3, -0.25) is 0 Å². The minimum absolute atomic E-state index is 0.794. The predicted octanol–water partition coefficient (Wildman–Crippen LogP) is 2.46. The quantitative estimate of drug-likeness (QED) is 0.896. The summed E-state index contributed by atoms with van der Waals surface area (Å²) in [6.45, 7) is 7.24. The van der Waals surface area contributed by atoms with Crippen LogP contribution >= 0.6 is 11.3 Å². The van der Waals surface area contributed by atoms with E-state index in [-0.39, 0.29) is 0 Å². The summed E-state index contributed by atoms with van der Waals surface area (Å²) in [4.78, 5) is 16.6. The second-order valence-corrected chi connectivity index (χ2v) is 9.44. The highest BCUT2D eigenvalue weighted by Gasteiger charge is 2.31. The van der Waals surface area contributed by atoms with Crippen LogP contribution in [0, 0.1) is 5.92 Å². The largest absolute Gasteiger partial charge is 0.345 e. The van der Waals surface area contributed by atoms with Gasteiger partial charge in [0.1, 0.15) is 17.0 Å². The number of hydrogen-bond donors (Lipinski definition) is 1. The van der Waals surface area contributed by atoms with Crippen LogP contribution in [-0.4, -0.2) is 42.2 Å². The van der Waals surface area contributed by atoms with Gasteiger partial charge in [-0.05, 0) is 56.4 Å². The molecule has 25 heavy (non-hydrogen) atoms. The van der Waals surface area contributed by atoms with Crippen LogP contribution < -0.4 is 9.80 Å². The fraction of sp³-hybridized carbons (Fsp3) is 0.700. The summed E-state index contributed by atoms with van der Waals surface area (Å²) in [6, 6.07) is 0.933. The summed E-state index contributed by atoms with van der Waals surface area (Å²) in [5.74, 6) is 2.02. The fourth-order valence-corrected chi connectivity index (χ4v) is 6.43. The molecule has 4 nitrogen and oxygen atoms in total. The first kappa shape index (κ1) is 16.0. The van der Waals surface area contributed by atoms with Crippen LogP contribution in [0.1, 0.15) is 49.5 Å². The first-order valence-corrected chi connectivity index (χ1v) is 11.0. The lowest BCUT2D eigenvalue weighted by atomic mass is 9.88. The van der Waals surface area contributed by atoms with E-state index < -0.39 is 0 Å². The van der Waals surface area contributed by atoms with Crippen molar-refractivity contribution in [3.8, 4) is 0 Å². The van der Waals surface area contributed by atoms with E-state index in [0.717, 1.165) is 25.0 Å². The maximum absolute atomic E-state index is 4.77. The third-order valence-corrected chi connectivity index (χ3v) is 7.91. The second kappa shape index (κ2) is 6.51. The topological polar surface area (TPSA) is 33.5 Å². The second-order valence-electron chi connectivity index (χ2n) is 8.36. The number of hydrogen-bond acceptors (Lipinski definition) is 4. The van der Waals surface area contributed by atoms with Gasteiger partial charge in [-0.15, -0.1) is 11.3 Å². The molecule has 0 bridgehead atoms. The number of thiophene rings is 1. The van der Waals surface area contributed by atoms with Gasteiger partial charge < -0.3 is 9.80 Å². The Morgan fingerprint density at radius 2 is 1.92 bits per heavy atom. The third-order valence-electron chi connectivity index (χ3n) is 6.71. The molecule has 2 fully saturated rings. The molecular formula is C20H29N4S+. The highest BCUT2D eigenvalue weighted by Crippen LogP contribution is 2.40. The maximum Gasteiger partial charge on any atom is 0.141 e. The lowest BCUT2D eigenvalue weighted by Gasteiger charge is -2.36. The van der Waals surface area contributed by atoms with Crippen LogP contribution in [0.25, 0.3) is 10.2 Å². The lowest BCUT2D eigenvalue weighted by molar-refractivity contribution is -0.925. The Hall–Kier alpha value is -1.20. The van der Waals surface area contributed by atoms with Gasteiger partial charge in [0.15, 0.2) is 0 Å². The van der Waals surface area contributed by atoms with E-state index in [2.05, 4.69) is 16.8 Å². The average Bonchev–Trinajstić information content (AvgIpc) is 3.29. The van der Waals surface area contributed by atoms with E-state index in [9.17, 15) is 0 Å². The van der Waals surface area contributed by atoms with Crippen molar-refractivity contribution in [1.29, 1.82) is 0 Å². The van der Waals surface area contributed by atoms with Crippen molar-refractivity contribution in [1.82, 2.24) is 9.97 Å². The number of rotatable bonds is 2. The molecule has 2 aromatic rings. The smallest absolute Gasteiger partial charge is 0.141 e. The maximum atomic E-state index is 4.77. The Kier molecular flexibility index (Phi) is 4.17. The van der Waals surface area contributed by atoms with E-state index in [0.29, 0.717) is 0 Å². The summed E-state index contributed by atoms with van der Waals surface area (Å²) in [6.07, 6.45) is 11.4. The van der Waals surface area contributed by atoms with Gasteiger partial charge in [0, 0.05) is 4.88 Å². The normalized spacial score (nSPS) is 25.6. The molecule has 2 aliphatic carbocycles. The molecule has 134 valence electrons. The molecule has 1 aliphatic heterocycles. The lowest BCUT2D eigenvalue weighted by Crippen LogP contribution is -3.18. The van der Waals surface area contributed by atoms with Crippen LogP contribution in [0.2, 0.25) is 0 Å². The van der Waals surface area contributed by atoms with Gasteiger partial charge in [-0.2, -0.15) is 0 Å². The van der Waals surface area contributed by atoms with Crippen molar-refractivity contribution >= 4 is 27.4 Å². The standard InChI is InChI=1S/C20H28N4S/c1-14-6-7-17-16(12-14)18-19(21-13-22-20(18)25-17)24-10-8-23(9-11-24)15-4-2-3-5-15/h13-15H,2-12H2,1H3/p+1/t14-/m0/s1. The molecule has 2 aromatic heterocycles. The molecule has 5 rings (SSSR count). The molecule has 1 saturated heterocycles. The van der Waals surface area contributed by atoms with E-state index in [4.69, 9.17) is 4.98 Å². The first-order valence-electron chi connectivity index (χ1n) is 10.1. The monoisotopic (exact) mass is 357 g/mol. The number of quaternary nitrogens is 1. The number of anilines is 1. The first-order chi connectivity index (χ1) is 12.3. The fourth-order valence-electron chi connectivity index (χ4n) is 5.25. The zero-order valence-electron chi connectivity index (χ0n) is 15.3. The number of aryl methyl sites for hydroxylation is 1. The van der Waals surface area contributed by atoms with Crippen molar-refractivity contribution in [3.05, 3.63) is 16.8 Å². The van der Waals surface area contributed by atoms with E-state index in [1.165, 1.54) is 74.1 Å². The number of aromatic nitrogens is 2. The average molecular weight is 358 g/mol. The molecule has 0 aromatic carbocycles. The highest BCUT2D eigenvalue weighted by molar-refractivity contribution is 7.19. The number of piperazine rings is 1. The van der Waals surface area contributed by atoms with Gasteiger partial charge in [0.05, 0.1) is 37.6 Å². The van der Waals surface area contributed by atoms with Gasteiger partial charge in [-0.25, -0.2) is 9.97 Å². The summed E-state index contributed by atoms with van der Waals surface area (Å²) in [5.41, 5.74) is 1.57. The molecule has 1 saturated carbocycles. The van der Waals surface area contributed by atoms with Crippen molar-refractivity contribution in [3.63, 3.8) is 0 Å². The van der Waals surface area contributed by atoms with Crippen LogP contribution in [-0.2, 0) is 12.8 Å². The third kappa shape index (κ3) is 2.85. The van der Waals surface area contributed by atoms with Crippen molar-refractivity contribution in [2.24, 2.45) is 5.92 Å². The van der Waals surface area contributed by atoms with Crippen molar-refractivity contribution in [2.45, 2.75) is 57.9 Å². The summed E-state index contributed by atoms with van der Waals surface area (Å²) in [7, 11) is 0. The van der Waals surface area contributed by atoms with E-state index >= 15 is 0 Å². The van der Waals surface area contributed by atoms with Gasteiger partial charge in [-0.1, -0.05) is 6.92 Å². The van der Waals surface area contributed by atoms with Crippen LogP contribution in [0.3, 0.4) is 0 Å². The highest BCUT2D eigenvalue weighted by atomic mass is 32.1. The van der Waals surface area contributed by atoms with Crippen LogP contribution in [0.4, 0.5) is 5.82 Å². The van der Waals surface area contributed by atoms with Gasteiger partial charge >= 0.3 is 0 Å². The number of nitrogens with one attached hydrogen (secondary N) is 1. The molecule has 3 aliphatic rings. The van der Waals surface area contributed by atoms with Gasteiger partial charge in [0.2, 0.25) is 0 Å². The Morgan fingerprint density at radius 1 is 1.12 bits per heavy atom. The molecule has 1 atom stereocenters. The molecule has 0 spiro atoms. The van der Waals surface area contributed by atoms with E-state index in [1.54, 1.807) is 16.8 Å². The molecule has 5 heteroatoms. The number of nitrogens with zero attached hydrogens (tertiary/aromatic N) is 3. The predicted molar refractivity (Wildman–Crippen MR) is 104 cm³/mol. The van der Waals surface area contributed by atoms with Gasteiger partial charge in [0.25, 0.3) is 0 Å². The molecule has 0 unspecified atom stereocenters. The summed E-state index contributed by atoms with van der Waals surface area (Å²) >= 11 is 1.92. The minimum atomic E-state index is 0.794. The Balaban J connectivity index is 1.42. The Bertz CT molecular complexity index is 756. The Morgan fingerprint density at radius 3 is 2.72 bits per heavy atom. The zero-order chi connectivity index (χ0) is 16.8. The molecule has 0 amide bonds. The van der Waals surface area contributed by atoms with Crippen molar-refractivity contribution < 1.29 is 4.90 Å². The molecule has 0 radical (unpaired) electrons. The minimum Gasteiger partial charge on any atom is -0.345 e. The van der Waals surface area contributed by atoms with Crippen LogP contribution in [0.15, 0.2) is 6.33 Å². The van der Waals surface area contributed by atoms with Crippen molar-refractivity contribution in [2.75, 3.05) is 31.1 Å². The number of fused-ring (bicyclic) bond motifs is 3. The summed E-state index contributed by atoms with van der Waals surface area (Å²) in [5, 5.41) is 1.39. The summed E-state index contributed by atoms with van der Waals surface area (Å²) < 4.78 is 0. The SMILES string of the molecule is C[C@H]1CCc2sc3ncnc(N4CC[NH+](C5CCCC5)CC4)c3c2C1. The van der Waals surface area contributed by atoms with E-state index in [1.807, 2.05) is 16.2 Å². The molecular weight excluding hydrogens is 328 g/mol. The zero-order valence-corrected chi connectivity index (χ0v) is 16.1. The molecule has 3 heterocycles. The molecule has 1 N–H and O–H groups in total. The Labute approximate surface area is 154 Å². The van der Waals surface area contributed by atoms with Crippen LogP contribution in [0.5, 0.6) is 0 Å².